The first kappa shape index (κ1) is 10.9. The summed E-state index contributed by atoms with van der Waals surface area (Å²) in [5, 5.41) is -0.365. The van der Waals surface area contributed by atoms with Gasteiger partial charge in [-0.3, -0.25) is 0 Å². The molecule has 14 heavy (non-hydrogen) atoms. The molecule has 2 nitrogen and oxygen atoms in total. The Morgan fingerprint density at radius 3 is 2.64 bits per heavy atom. The Kier molecular flexibility index (Phi) is 3.41. The van der Waals surface area contributed by atoms with Crippen LogP contribution in [0.1, 0.15) is 17.3 Å². The van der Waals surface area contributed by atoms with Gasteiger partial charge in [0.25, 0.3) is 0 Å². The van der Waals surface area contributed by atoms with Crippen LogP contribution in [0.25, 0.3) is 0 Å². The van der Waals surface area contributed by atoms with Gasteiger partial charge in [-0.1, -0.05) is 11.6 Å². The molecule has 0 aromatic heterocycles. The topological polar surface area (TPSA) is 26.3 Å². The van der Waals surface area contributed by atoms with Crippen molar-refractivity contribution in [2.24, 2.45) is 0 Å². The molecule has 5 heteroatoms. The highest BCUT2D eigenvalue weighted by Gasteiger charge is 2.15. The van der Waals surface area contributed by atoms with Crippen molar-refractivity contribution in [2.45, 2.75) is 6.92 Å². The number of halogens is 3. The highest BCUT2D eigenvalue weighted by molar-refractivity contribution is 6.30. The van der Waals surface area contributed by atoms with Crippen molar-refractivity contribution in [3.05, 3.63) is 34.4 Å². The summed E-state index contributed by atoms with van der Waals surface area (Å²) in [6, 6.07) is 1.46. The third kappa shape index (κ3) is 2.20. The van der Waals surface area contributed by atoms with Gasteiger partial charge in [0.15, 0.2) is 0 Å². The van der Waals surface area contributed by atoms with Crippen molar-refractivity contribution in [3.8, 4) is 0 Å². The number of rotatable bonds is 2. The Balaban J connectivity index is 3.09. The molecule has 1 rings (SSSR count). The molecule has 0 aliphatic carbocycles. The predicted octanol–water partition coefficient (Wildman–Crippen LogP) is 2.79. The van der Waals surface area contributed by atoms with Crippen LogP contribution >= 0.6 is 11.6 Å². The smallest absolute Gasteiger partial charge is 0.341 e. The van der Waals surface area contributed by atoms with Crippen LogP contribution in [0.4, 0.5) is 8.78 Å². The summed E-state index contributed by atoms with van der Waals surface area (Å²) in [4.78, 5) is 11.1. The second-order valence-electron chi connectivity index (χ2n) is 2.47. The molecular formula is C9H7ClF2O2. The zero-order valence-corrected chi connectivity index (χ0v) is 8.07. The number of ether oxygens (including phenoxy) is 1. The van der Waals surface area contributed by atoms with Gasteiger partial charge >= 0.3 is 5.97 Å². The third-order valence-electron chi connectivity index (χ3n) is 1.51. The lowest BCUT2D eigenvalue weighted by Gasteiger charge is -2.03. The molecule has 1 aromatic carbocycles. The van der Waals surface area contributed by atoms with Gasteiger partial charge in [-0.15, -0.1) is 0 Å². The van der Waals surface area contributed by atoms with Crippen molar-refractivity contribution < 1.29 is 18.3 Å². The normalized spacial score (nSPS) is 10.0. The van der Waals surface area contributed by atoms with Gasteiger partial charge in [-0.2, -0.15) is 0 Å². The molecule has 0 radical (unpaired) electrons. The van der Waals surface area contributed by atoms with Crippen LogP contribution in [0.3, 0.4) is 0 Å². The third-order valence-corrected chi connectivity index (χ3v) is 1.79. The molecule has 0 saturated heterocycles. The van der Waals surface area contributed by atoms with Gasteiger partial charge < -0.3 is 4.74 Å². The first-order valence-electron chi connectivity index (χ1n) is 3.88. The maximum atomic E-state index is 13.1. The molecular weight excluding hydrogens is 214 g/mol. The van der Waals surface area contributed by atoms with Crippen molar-refractivity contribution in [3.63, 3.8) is 0 Å². The molecule has 0 spiro atoms. The lowest BCUT2D eigenvalue weighted by atomic mass is 10.2. The van der Waals surface area contributed by atoms with Crippen LogP contribution in [0.5, 0.6) is 0 Å². The van der Waals surface area contributed by atoms with Gasteiger partial charge in [0, 0.05) is 0 Å². The Bertz CT molecular complexity index is 366. The molecule has 0 atom stereocenters. The molecule has 0 N–H and O–H groups in total. The molecule has 0 aliphatic rings. The Morgan fingerprint density at radius 2 is 2.07 bits per heavy atom. The van der Waals surface area contributed by atoms with E-state index in [9.17, 15) is 13.6 Å². The number of carbonyl (C=O) groups excluding carboxylic acids is 1. The molecule has 0 saturated carbocycles. The van der Waals surface area contributed by atoms with E-state index in [4.69, 9.17) is 11.6 Å². The van der Waals surface area contributed by atoms with E-state index < -0.39 is 23.2 Å². The fraction of sp³-hybridized carbons (Fsp3) is 0.222. The van der Waals surface area contributed by atoms with Crippen molar-refractivity contribution in [1.29, 1.82) is 0 Å². The van der Waals surface area contributed by atoms with Crippen LogP contribution in [-0.2, 0) is 4.74 Å². The van der Waals surface area contributed by atoms with Gasteiger partial charge in [0.05, 0.1) is 17.2 Å². The van der Waals surface area contributed by atoms with Crippen LogP contribution in [0.2, 0.25) is 5.02 Å². The van der Waals surface area contributed by atoms with E-state index in [1.54, 1.807) is 6.92 Å². The van der Waals surface area contributed by atoms with E-state index in [2.05, 4.69) is 4.74 Å². The monoisotopic (exact) mass is 220 g/mol. The standard InChI is InChI=1S/C9H7ClF2O2/c1-2-14-9(13)5-3-8(12)6(10)4-7(5)11/h3-4H,2H2,1H3. The molecule has 0 amide bonds. The quantitative estimate of drug-likeness (QED) is 0.566. The fourth-order valence-corrected chi connectivity index (χ4v) is 1.04. The first-order valence-corrected chi connectivity index (χ1v) is 4.25. The molecule has 0 bridgehead atoms. The average molecular weight is 221 g/mol. The number of hydrogen-bond donors (Lipinski definition) is 0. The summed E-state index contributed by atoms with van der Waals surface area (Å²) in [6.07, 6.45) is 0. The second kappa shape index (κ2) is 4.37. The predicted molar refractivity (Wildman–Crippen MR) is 47.3 cm³/mol. The van der Waals surface area contributed by atoms with Gasteiger partial charge in [0.2, 0.25) is 0 Å². The van der Waals surface area contributed by atoms with E-state index in [0.29, 0.717) is 0 Å². The van der Waals surface area contributed by atoms with Crippen molar-refractivity contribution >= 4 is 17.6 Å². The molecule has 0 aliphatic heterocycles. The van der Waals surface area contributed by atoms with Crippen molar-refractivity contribution in [2.75, 3.05) is 6.61 Å². The van der Waals surface area contributed by atoms with Crippen LogP contribution < -0.4 is 0 Å². The Labute approximate surface area is 84.4 Å². The zero-order valence-electron chi connectivity index (χ0n) is 7.31. The summed E-state index contributed by atoms with van der Waals surface area (Å²) >= 11 is 5.30. The van der Waals surface area contributed by atoms with Crippen molar-refractivity contribution in [1.82, 2.24) is 0 Å². The van der Waals surface area contributed by atoms with Gasteiger partial charge in [-0.25, -0.2) is 13.6 Å². The largest absolute Gasteiger partial charge is 0.462 e. The first-order chi connectivity index (χ1) is 6.56. The van der Waals surface area contributed by atoms with Gasteiger partial charge in [-0.05, 0) is 19.1 Å². The lowest BCUT2D eigenvalue weighted by molar-refractivity contribution is 0.0520. The number of carbonyl (C=O) groups is 1. The van der Waals surface area contributed by atoms with Crippen LogP contribution in [-0.4, -0.2) is 12.6 Å². The highest BCUT2D eigenvalue weighted by Crippen LogP contribution is 2.19. The summed E-state index contributed by atoms with van der Waals surface area (Å²) in [6.45, 7) is 1.67. The fourth-order valence-electron chi connectivity index (χ4n) is 0.888. The Morgan fingerprint density at radius 1 is 1.43 bits per heavy atom. The highest BCUT2D eigenvalue weighted by atomic mass is 35.5. The maximum Gasteiger partial charge on any atom is 0.341 e. The van der Waals surface area contributed by atoms with E-state index in [-0.39, 0.29) is 11.6 Å². The molecule has 0 unspecified atom stereocenters. The SMILES string of the molecule is CCOC(=O)c1cc(F)c(Cl)cc1F. The number of hydrogen-bond acceptors (Lipinski definition) is 2. The Hall–Kier alpha value is -1.16. The minimum atomic E-state index is -0.902. The average Bonchev–Trinajstić information content (AvgIpc) is 2.11. The molecule has 0 heterocycles. The maximum absolute atomic E-state index is 13.1. The molecule has 0 fully saturated rings. The van der Waals surface area contributed by atoms with E-state index in [1.165, 1.54) is 0 Å². The number of benzene rings is 1. The van der Waals surface area contributed by atoms with Crippen LogP contribution in [0, 0.1) is 11.6 Å². The number of esters is 1. The summed E-state index contributed by atoms with van der Waals surface area (Å²) in [5.41, 5.74) is -0.450. The summed E-state index contributed by atoms with van der Waals surface area (Å²) < 4.78 is 30.4. The van der Waals surface area contributed by atoms with Gasteiger partial charge in [0.1, 0.15) is 11.6 Å². The lowest BCUT2D eigenvalue weighted by Crippen LogP contribution is -2.07. The van der Waals surface area contributed by atoms with E-state index >= 15 is 0 Å². The summed E-state index contributed by atoms with van der Waals surface area (Å²) in [5.74, 6) is -2.65. The molecule has 76 valence electrons. The van der Waals surface area contributed by atoms with E-state index in [0.717, 1.165) is 12.1 Å². The van der Waals surface area contributed by atoms with Crippen LogP contribution in [0.15, 0.2) is 12.1 Å². The minimum Gasteiger partial charge on any atom is -0.462 e. The zero-order chi connectivity index (χ0) is 10.7. The summed E-state index contributed by atoms with van der Waals surface area (Å²) in [7, 11) is 0. The molecule has 1 aromatic rings. The minimum absolute atomic E-state index is 0.0997. The second-order valence-corrected chi connectivity index (χ2v) is 2.87. The van der Waals surface area contributed by atoms with E-state index in [1.807, 2.05) is 0 Å².